The van der Waals surface area contributed by atoms with Gasteiger partial charge in [0.2, 0.25) is 10.0 Å². The van der Waals surface area contributed by atoms with Crippen LogP contribution in [0.15, 0.2) is 59.5 Å². The van der Waals surface area contributed by atoms with E-state index in [0.29, 0.717) is 18.8 Å². The number of nitrogens with one attached hydrogen (secondary N) is 2. The molecule has 2 aromatic carbocycles. The first-order valence-corrected chi connectivity index (χ1v) is 9.64. The highest BCUT2D eigenvalue weighted by molar-refractivity contribution is 7.89. The standard InChI is InChI=1S/C18H23N3O3S/c1-3-21(4-2)18(22)20-16-10-12-17(13-11-16)25(23,24)19-14-15-8-6-5-7-9-15/h5-13,19H,3-4,14H2,1-2H3,(H,20,22). The molecule has 2 N–H and O–H groups in total. The fourth-order valence-electron chi connectivity index (χ4n) is 2.29. The first kappa shape index (κ1) is 19.0. The summed E-state index contributed by atoms with van der Waals surface area (Å²) in [7, 11) is -3.60. The van der Waals surface area contributed by atoms with Crippen molar-refractivity contribution in [2.24, 2.45) is 0 Å². The van der Waals surface area contributed by atoms with Gasteiger partial charge in [0.25, 0.3) is 0 Å². The van der Waals surface area contributed by atoms with Gasteiger partial charge < -0.3 is 10.2 Å². The van der Waals surface area contributed by atoms with Crippen molar-refractivity contribution in [3.05, 3.63) is 60.2 Å². The molecule has 25 heavy (non-hydrogen) atoms. The van der Waals surface area contributed by atoms with Crippen LogP contribution >= 0.6 is 0 Å². The number of hydrogen-bond acceptors (Lipinski definition) is 3. The van der Waals surface area contributed by atoms with Gasteiger partial charge in [-0.2, -0.15) is 0 Å². The summed E-state index contributed by atoms with van der Waals surface area (Å²) in [6.07, 6.45) is 0. The number of sulfonamides is 1. The minimum Gasteiger partial charge on any atom is -0.325 e. The summed E-state index contributed by atoms with van der Waals surface area (Å²) in [5.41, 5.74) is 1.44. The quantitative estimate of drug-likeness (QED) is 0.796. The Labute approximate surface area is 148 Å². The summed E-state index contributed by atoms with van der Waals surface area (Å²) in [5.74, 6) is 0. The van der Waals surface area contributed by atoms with E-state index in [1.54, 1.807) is 17.0 Å². The molecule has 6 nitrogen and oxygen atoms in total. The van der Waals surface area contributed by atoms with Crippen LogP contribution in [0.3, 0.4) is 0 Å². The molecule has 0 atom stereocenters. The Balaban J connectivity index is 2.01. The Bertz CT molecular complexity index is 786. The molecule has 0 saturated heterocycles. The largest absolute Gasteiger partial charge is 0.325 e. The van der Waals surface area contributed by atoms with Gasteiger partial charge in [-0.1, -0.05) is 30.3 Å². The number of amides is 2. The first-order chi connectivity index (χ1) is 12.0. The number of rotatable bonds is 7. The molecule has 0 aromatic heterocycles. The maximum absolute atomic E-state index is 12.3. The molecule has 2 rings (SSSR count). The van der Waals surface area contributed by atoms with Crippen molar-refractivity contribution in [2.75, 3.05) is 18.4 Å². The third-order valence-corrected chi connectivity index (χ3v) is 5.19. The predicted molar refractivity (Wildman–Crippen MR) is 98.8 cm³/mol. The molecule has 0 unspecified atom stereocenters. The van der Waals surface area contributed by atoms with Gasteiger partial charge in [-0.05, 0) is 43.7 Å². The SMILES string of the molecule is CCN(CC)C(=O)Nc1ccc(S(=O)(=O)NCc2ccccc2)cc1. The molecule has 0 heterocycles. The zero-order valence-electron chi connectivity index (χ0n) is 14.4. The summed E-state index contributed by atoms with van der Waals surface area (Å²) < 4.78 is 27.2. The van der Waals surface area contributed by atoms with Crippen molar-refractivity contribution in [1.29, 1.82) is 0 Å². The van der Waals surface area contributed by atoms with Crippen molar-refractivity contribution >= 4 is 21.7 Å². The number of urea groups is 1. The molecule has 0 saturated carbocycles. The molecule has 0 aliphatic heterocycles. The maximum Gasteiger partial charge on any atom is 0.321 e. The van der Waals surface area contributed by atoms with Gasteiger partial charge in [-0.25, -0.2) is 17.9 Å². The lowest BCUT2D eigenvalue weighted by atomic mass is 10.2. The van der Waals surface area contributed by atoms with Crippen molar-refractivity contribution < 1.29 is 13.2 Å². The Morgan fingerprint density at radius 3 is 2.12 bits per heavy atom. The van der Waals surface area contributed by atoms with Gasteiger partial charge in [0.15, 0.2) is 0 Å². The number of hydrogen-bond donors (Lipinski definition) is 2. The molecule has 7 heteroatoms. The van der Waals surface area contributed by atoms with Gasteiger partial charge >= 0.3 is 6.03 Å². The van der Waals surface area contributed by atoms with E-state index >= 15 is 0 Å². The zero-order valence-corrected chi connectivity index (χ0v) is 15.2. The van der Waals surface area contributed by atoms with Crippen LogP contribution in [-0.4, -0.2) is 32.4 Å². The normalized spacial score (nSPS) is 11.1. The molecular formula is C18H23N3O3S. The molecule has 0 spiro atoms. The van der Waals surface area contributed by atoms with E-state index in [2.05, 4.69) is 10.0 Å². The van der Waals surface area contributed by atoms with Crippen LogP contribution in [0.4, 0.5) is 10.5 Å². The highest BCUT2D eigenvalue weighted by Gasteiger charge is 2.14. The fraction of sp³-hybridized carbons (Fsp3) is 0.278. The number of anilines is 1. The summed E-state index contributed by atoms with van der Waals surface area (Å²) >= 11 is 0. The smallest absolute Gasteiger partial charge is 0.321 e. The number of benzene rings is 2. The molecule has 0 radical (unpaired) electrons. The molecule has 0 aliphatic rings. The Morgan fingerprint density at radius 2 is 1.56 bits per heavy atom. The lowest BCUT2D eigenvalue weighted by molar-refractivity contribution is 0.217. The topological polar surface area (TPSA) is 78.5 Å². The van der Waals surface area contributed by atoms with E-state index in [4.69, 9.17) is 0 Å². The summed E-state index contributed by atoms with van der Waals surface area (Å²) in [6, 6.07) is 15.2. The number of carbonyl (C=O) groups is 1. The average molecular weight is 361 g/mol. The Morgan fingerprint density at radius 1 is 0.960 bits per heavy atom. The maximum atomic E-state index is 12.3. The fourth-order valence-corrected chi connectivity index (χ4v) is 3.31. The molecule has 0 fully saturated rings. The van der Waals surface area contributed by atoms with E-state index in [-0.39, 0.29) is 17.5 Å². The summed E-state index contributed by atoms with van der Waals surface area (Å²) in [4.78, 5) is 13.8. The Hall–Kier alpha value is -2.38. The summed E-state index contributed by atoms with van der Waals surface area (Å²) in [6.45, 7) is 5.24. The van der Waals surface area contributed by atoms with Crippen molar-refractivity contribution in [3.8, 4) is 0 Å². The van der Waals surface area contributed by atoms with Gasteiger partial charge in [-0.15, -0.1) is 0 Å². The lowest BCUT2D eigenvalue weighted by Gasteiger charge is -2.19. The highest BCUT2D eigenvalue weighted by Crippen LogP contribution is 2.15. The van der Waals surface area contributed by atoms with Gasteiger partial charge in [0, 0.05) is 25.3 Å². The molecule has 0 aliphatic carbocycles. The third kappa shape index (κ3) is 5.30. The van der Waals surface area contributed by atoms with Crippen molar-refractivity contribution in [2.45, 2.75) is 25.3 Å². The monoisotopic (exact) mass is 361 g/mol. The zero-order chi connectivity index (χ0) is 18.3. The number of nitrogens with zero attached hydrogens (tertiary/aromatic N) is 1. The van der Waals surface area contributed by atoms with E-state index in [0.717, 1.165) is 5.56 Å². The van der Waals surface area contributed by atoms with E-state index in [1.807, 2.05) is 44.2 Å². The highest BCUT2D eigenvalue weighted by atomic mass is 32.2. The minimum absolute atomic E-state index is 0.157. The molecule has 0 bridgehead atoms. The van der Waals surface area contributed by atoms with Crippen LogP contribution in [0.2, 0.25) is 0 Å². The number of carbonyl (C=O) groups excluding carboxylic acids is 1. The second-order valence-electron chi connectivity index (χ2n) is 5.44. The van der Waals surface area contributed by atoms with Gasteiger partial charge in [-0.3, -0.25) is 0 Å². The molecule has 2 aromatic rings. The van der Waals surface area contributed by atoms with Crippen LogP contribution in [0.25, 0.3) is 0 Å². The van der Waals surface area contributed by atoms with Crippen LogP contribution in [0, 0.1) is 0 Å². The van der Waals surface area contributed by atoms with Gasteiger partial charge in [0.05, 0.1) is 4.90 Å². The van der Waals surface area contributed by atoms with Crippen LogP contribution in [0.1, 0.15) is 19.4 Å². The first-order valence-electron chi connectivity index (χ1n) is 8.16. The molecule has 2 amide bonds. The minimum atomic E-state index is -3.60. The van der Waals surface area contributed by atoms with Crippen molar-refractivity contribution in [3.63, 3.8) is 0 Å². The summed E-state index contributed by atoms with van der Waals surface area (Å²) in [5, 5.41) is 2.75. The molecular weight excluding hydrogens is 338 g/mol. The van der Waals surface area contributed by atoms with E-state index in [1.165, 1.54) is 12.1 Å². The van der Waals surface area contributed by atoms with E-state index in [9.17, 15) is 13.2 Å². The second kappa shape index (κ2) is 8.64. The van der Waals surface area contributed by atoms with Crippen molar-refractivity contribution in [1.82, 2.24) is 9.62 Å². The lowest BCUT2D eigenvalue weighted by Crippen LogP contribution is -2.34. The molecule has 134 valence electrons. The average Bonchev–Trinajstić information content (AvgIpc) is 2.62. The third-order valence-electron chi connectivity index (χ3n) is 3.78. The predicted octanol–water partition coefficient (Wildman–Crippen LogP) is 3.04. The Kier molecular flexibility index (Phi) is 6.55. The van der Waals surface area contributed by atoms with Crippen LogP contribution < -0.4 is 10.0 Å². The second-order valence-corrected chi connectivity index (χ2v) is 7.20. The van der Waals surface area contributed by atoms with Crippen LogP contribution in [-0.2, 0) is 16.6 Å². The van der Waals surface area contributed by atoms with Gasteiger partial charge in [0.1, 0.15) is 0 Å². The van der Waals surface area contributed by atoms with E-state index < -0.39 is 10.0 Å². The van der Waals surface area contributed by atoms with Crippen LogP contribution in [0.5, 0.6) is 0 Å².